The number of hydrogen-bond acceptors (Lipinski definition) is 5. The molecule has 2 aromatic carbocycles. The van der Waals surface area contributed by atoms with Crippen molar-refractivity contribution in [2.75, 3.05) is 19.6 Å². The number of hydrogen-bond donors (Lipinski definition) is 1. The van der Waals surface area contributed by atoms with Crippen LogP contribution in [0, 0.1) is 0 Å². The van der Waals surface area contributed by atoms with Gasteiger partial charge in [-0.15, -0.1) is 0 Å². The van der Waals surface area contributed by atoms with Crippen molar-refractivity contribution in [3.63, 3.8) is 0 Å². The number of sulfonamides is 1. The largest absolute Gasteiger partial charge is 0.372 e. The lowest BCUT2D eigenvalue weighted by atomic mass is 10.0. The third-order valence-corrected chi connectivity index (χ3v) is 8.40. The van der Waals surface area contributed by atoms with Crippen LogP contribution in [-0.2, 0) is 26.1 Å². The Morgan fingerprint density at radius 3 is 2.29 bits per heavy atom. The van der Waals surface area contributed by atoms with Crippen LogP contribution in [-0.4, -0.2) is 67.3 Å². The highest BCUT2D eigenvalue weighted by molar-refractivity contribution is 7.89. The van der Waals surface area contributed by atoms with Crippen LogP contribution < -0.4 is 5.32 Å². The quantitative estimate of drug-likeness (QED) is 0.659. The highest BCUT2D eigenvalue weighted by atomic mass is 32.2. The fraction of sp³-hybridized carbons (Fsp3) is 0.462. The van der Waals surface area contributed by atoms with Crippen molar-refractivity contribution in [1.82, 2.24) is 14.5 Å². The average Bonchev–Trinajstić information content (AvgIpc) is 2.87. The summed E-state index contributed by atoms with van der Waals surface area (Å²) in [6.45, 7) is 5.62. The first kappa shape index (κ1) is 25.3. The predicted octanol–water partition coefficient (Wildman–Crippen LogP) is 2.80. The first-order valence-corrected chi connectivity index (χ1v) is 13.6. The van der Waals surface area contributed by atoms with E-state index in [1.807, 2.05) is 26.0 Å². The maximum Gasteiger partial charge on any atom is 0.254 e. The van der Waals surface area contributed by atoms with Crippen molar-refractivity contribution in [2.24, 2.45) is 0 Å². The molecule has 0 saturated carbocycles. The summed E-state index contributed by atoms with van der Waals surface area (Å²) in [6, 6.07) is 14.7. The summed E-state index contributed by atoms with van der Waals surface area (Å²) in [4.78, 5) is 27.9. The van der Waals surface area contributed by atoms with Gasteiger partial charge in [-0.3, -0.25) is 9.59 Å². The Kier molecular flexibility index (Phi) is 7.88. The summed E-state index contributed by atoms with van der Waals surface area (Å²) in [5.74, 6) is -0.341. The predicted molar refractivity (Wildman–Crippen MR) is 132 cm³/mol. The lowest BCUT2D eigenvalue weighted by Gasteiger charge is -2.35. The van der Waals surface area contributed by atoms with Crippen molar-refractivity contribution in [1.29, 1.82) is 0 Å². The molecule has 0 aromatic heterocycles. The first-order valence-electron chi connectivity index (χ1n) is 12.1. The summed E-state index contributed by atoms with van der Waals surface area (Å²) < 4.78 is 33.3. The molecule has 9 heteroatoms. The topological polar surface area (TPSA) is 96.0 Å². The first-order chi connectivity index (χ1) is 16.8. The van der Waals surface area contributed by atoms with E-state index in [9.17, 15) is 18.0 Å². The molecule has 1 N–H and O–H groups in total. The van der Waals surface area contributed by atoms with Gasteiger partial charge in [0.1, 0.15) is 6.04 Å². The molecular weight excluding hydrogens is 466 g/mol. The summed E-state index contributed by atoms with van der Waals surface area (Å²) in [7, 11) is -3.75. The third kappa shape index (κ3) is 5.91. The lowest BCUT2D eigenvalue weighted by Crippen LogP contribution is -2.51. The number of carbonyl (C=O) groups excluding carboxylic acids is 2. The van der Waals surface area contributed by atoms with Gasteiger partial charge in [-0.1, -0.05) is 36.8 Å². The van der Waals surface area contributed by atoms with Crippen LogP contribution in [0.4, 0.5) is 0 Å². The minimum atomic E-state index is -3.75. The Morgan fingerprint density at radius 1 is 0.971 bits per heavy atom. The normalized spacial score (nSPS) is 23.6. The molecule has 2 aromatic rings. The number of amides is 2. The van der Waals surface area contributed by atoms with Gasteiger partial charge >= 0.3 is 0 Å². The van der Waals surface area contributed by atoms with Gasteiger partial charge in [0.25, 0.3) is 5.91 Å². The van der Waals surface area contributed by atoms with Gasteiger partial charge in [-0.2, -0.15) is 4.31 Å². The molecule has 188 valence electrons. The second-order valence-corrected chi connectivity index (χ2v) is 11.2. The van der Waals surface area contributed by atoms with E-state index < -0.39 is 16.1 Å². The van der Waals surface area contributed by atoms with Crippen molar-refractivity contribution in [3.05, 3.63) is 65.7 Å². The van der Waals surface area contributed by atoms with Gasteiger partial charge in [0.05, 0.1) is 17.1 Å². The molecule has 3 atom stereocenters. The number of piperidine rings is 1. The summed E-state index contributed by atoms with van der Waals surface area (Å²) in [5.41, 5.74) is 1.43. The lowest BCUT2D eigenvalue weighted by molar-refractivity contribution is -0.125. The molecule has 2 aliphatic heterocycles. The van der Waals surface area contributed by atoms with Crippen LogP contribution in [0.3, 0.4) is 0 Å². The molecule has 8 nitrogen and oxygen atoms in total. The molecule has 2 heterocycles. The second-order valence-electron chi connectivity index (χ2n) is 9.32. The number of benzene rings is 2. The number of nitrogens with one attached hydrogen (secondary N) is 1. The van der Waals surface area contributed by atoms with Crippen LogP contribution in [0.1, 0.15) is 49.0 Å². The number of morpholine rings is 1. The van der Waals surface area contributed by atoms with Gasteiger partial charge in [-0.25, -0.2) is 8.42 Å². The van der Waals surface area contributed by atoms with Crippen LogP contribution in [0.2, 0.25) is 0 Å². The van der Waals surface area contributed by atoms with E-state index in [1.165, 1.54) is 4.31 Å². The minimum Gasteiger partial charge on any atom is -0.372 e. The third-order valence-electron chi connectivity index (χ3n) is 6.48. The van der Waals surface area contributed by atoms with E-state index in [0.29, 0.717) is 31.6 Å². The zero-order chi connectivity index (χ0) is 25.0. The van der Waals surface area contributed by atoms with E-state index in [1.54, 1.807) is 47.4 Å². The highest BCUT2D eigenvalue weighted by Crippen LogP contribution is 2.25. The van der Waals surface area contributed by atoms with Gasteiger partial charge < -0.3 is 15.0 Å². The average molecular weight is 500 g/mol. The van der Waals surface area contributed by atoms with Gasteiger partial charge in [0.2, 0.25) is 15.9 Å². The van der Waals surface area contributed by atoms with E-state index >= 15 is 0 Å². The van der Waals surface area contributed by atoms with Crippen molar-refractivity contribution in [2.45, 2.75) is 62.8 Å². The van der Waals surface area contributed by atoms with E-state index in [2.05, 4.69) is 5.32 Å². The molecule has 2 amide bonds. The summed E-state index contributed by atoms with van der Waals surface area (Å²) in [5, 5.41) is 2.89. The van der Waals surface area contributed by atoms with Gasteiger partial charge in [0.15, 0.2) is 0 Å². The Hall–Kier alpha value is -2.75. The fourth-order valence-electron chi connectivity index (χ4n) is 4.78. The zero-order valence-corrected chi connectivity index (χ0v) is 21.0. The Bertz CT molecular complexity index is 1130. The van der Waals surface area contributed by atoms with Crippen molar-refractivity contribution >= 4 is 21.8 Å². The minimum absolute atomic E-state index is 0.00208. The van der Waals surface area contributed by atoms with Crippen LogP contribution in [0.15, 0.2) is 59.5 Å². The molecular formula is C26H33N3O5S. The van der Waals surface area contributed by atoms with Crippen molar-refractivity contribution < 1.29 is 22.7 Å². The number of rotatable bonds is 6. The molecule has 0 radical (unpaired) electrons. The molecule has 3 unspecified atom stereocenters. The highest BCUT2D eigenvalue weighted by Gasteiger charge is 2.37. The van der Waals surface area contributed by atoms with Gasteiger partial charge in [0, 0.05) is 31.7 Å². The molecule has 2 aliphatic rings. The SMILES string of the molecule is CC1CN(C(=O)c2ccc(CNC(=O)C3CCCCN3S(=O)(=O)c3ccccc3)cc2)CC(C)O1. The summed E-state index contributed by atoms with van der Waals surface area (Å²) in [6.07, 6.45) is 2.02. The van der Waals surface area contributed by atoms with Crippen LogP contribution in [0.25, 0.3) is 0 Å². The number of carbonyl (C=O) groups is 2. The Morgan fingerprint density at radius 2 is 1.63 bits per heavy atom. The zero-order valence-electron chi connectivity index (χ0n) is 20.2. The van der Waals surface area contributed by atoms with E-state index in [0.717, 1.165) is 18.4 Å². The molecule has 0 aliphatic carbocycles. The molecule has 0 spiro atoms. The second kappa shape index (κ2) is 10.9. The van der Waals surface area contributed by atoms with E-state index in [-0.39, 0.29) is 35.5 Å². The molecule has 2 saturated heterocycles. The van der Waals surface area contributed by atoms with Crippen LogP contribution in [0.5, 0.6) is 0 Å². The number of ether oxygens (including phenoxy) is 1. The monoisotopic (exact) mass is 499 g/mol. The molecule has 4 rings (SSSR count). The maximum absolute atomic E-state index is 13.2. The Labute approximate surface area is 207 Å². The van der Waals surface area contributed by atoms with Crippen LogP contribution >= 0.6 is 0 Å². The molecule has 2 fully saturated rings. The standard InChI is InChI=1S/C26H33N3O5S/c1-19-17-28(18-20(2)34-19)26(31)22-13-11-21(12-14-22)16-27-25(30)24-10-6-7-15-29(24)35(32,33)23-8-4-3-5-9-23/h3-5,8-9,11-14,19-20,24H,6-7,10,15-18H2,1-2H3,(H,27,30). The summed E-state index contributed by atoms with van der Waals surface area (Å²) >= 11 is 0. The maximum atomic E-state index is 13.2. The number of nitrogens with zero attached hydrogens (tertiary/aromatic N) is 2. The molecule has 0 bridgehead atoms. The fourth-order valence-corrected chi connectivity index (χ4v) is 6.46. The van der Waals surface area contributed by atoms with Crippen molar-refractivity contribution in [3.8, 4) is 0 Å². The smallest absolute Gasteiger partial charge is 0.254 e. The van der Waals surface area contributed by atoms with E-state index in [4.69, 9.17) is 4.74 Å². The van der Waals surface area contributed by atoms with Gasteiger partial charge in [-0.05, 0) is 56.5 Å². The molecule has 35 heavy (non-hydrogen) atoms. The Balaban J connectivity index is 1.38.